The summed E-state index contributed by atoms with van der Waals surface area (Å²) in [5.74, 6) is 0.324. The topological polar surface area (TPSA) is 79.0 Å². The van der Waals surface area contributed by atoms with Crippen LogP contribution in [0.4, 0.5) is 0 Å². The highest BCUT2D eigenvalue weighted by molar-refractivity contribution is 5.97. The molecular formula is C19H23N3O4. The second-order valence-corrected chi connectivity index (χ2v) is 7.46. The SMILES string of the molecule is CN1C[C@H](C(=O)N2CCC3(CC2)CNC(=O)c2ccccc2O3)CC1=O. The van der Waals surface area contributed by atoms with Crippen molar-refractivity contribution in [1.82, 2.24) is 15.1 Å². The number of carbonyl (C=O) groups is 3. The third-order valence-electron chi connectivity index (χ3n) is 5.71. The molecule has 0 aliphatic carbocycles. The van der Waals surface area contributed by atoms with Crippen molar-refractivity contribution in [1.29, 1.82) is 0 Å². The van der Waals surface area contributed by atoms with Gasteiger partial charge < -0.3 is 19.9 Å². The van der Waals surface area contributed by atoms with Gasteiger partial charge in [0, 0.05) is 45.9 Å². The number of likely N-dealkylation sites (tertiary alicyclic amines) is 2. The number of fused-ring (bicyclic) bond motifs is 1. The molecule has 138 valence electrons. The van der Waals surface area contributed by atoms with Gasteiger partial charge in [-0.05, 0) is 12.1 Å². The monoisotopic (exact) mass is 357 g/mol. The Hall–Kier alpha value is -2.57. The molecule has 2 fully saturated rings. The predicted molar refractivity (Wildman–Crippen MR) is 93.7 cm³/mol. The Balaban J connectivity index is 1.44. The van der Waals surface area contributed by atoms with Gasteiger partial charge in [0.25, 0.3) is 5.91 Å². The normalized spacial score (nSPS) is 24.7. The highest BCUT2D eigenvalue weighted by atomic mass is 16.5. The number of hydrogen-bond acceptors (Lipinski definition) is 4. The van der Waals surface area contributed by atoms with Crippen LogP contribution in [0.3, 0.4) is 0 Å². The molecule has 2 saturated heterocycles. The highest BCUT2D eigenvalue weighted by Gasteiger charge is 2.43. The van der Waals surface area contributed by atoms with Crippen LogP contribution in [0.2, 0.25) is 0 Å². The van der Waals surface area contributed by atoms with Crippen molar-refractivity contribution in [3.63, 3.8) is 0 Å². The minimum atomic E-state index is -0.485. The number of para-hydroxylation sites is 1. The molecule has 4 rings (SSSR count). The summed E-state index contributed by atoms with van der Waals surface area (Å²) >= 11 is 0. The molecule has 0 bridgehead atoms. The van der Waals surface area contributed by atoms with E-state index in [9.17, 15) is 14.4 Å². The lowest BCUT2D eigenvalue weighted by Gasteiger charge is -2.41. The molecule has 3 aliphatic rings. The van der Waals surface area contributed by atoms with Crippen molar-refractivity contribution in [2.45, 2.75) is 24.9 Å². The van der Waals surface area contributed by atoms with Crippen LogP contribution in [-0.2, 0) is 9.59 Å². The lowest BCUT2D eigenvalue weighted by atomic mass is 9.90. The van der Waals surface area contributed by atoms with E-state index in [1.807, 2.05) is 23.1 Å². The minimum absolute atomic E-state index is 0.0308. The molecule has 7 heteroatoms. The number of carbonyl (C=O) groups excluding carboxylic acids is 3. The third-order valence-corrected chi connectivity index (χ3v) is 5.71. The lowest BCUT2D eigenvalue weighted by molar-refractivity contribution is -0.139. The van der Waals surface area contributed by atoms with Gasteiger partial charge in [-0.1, -0.05) is 12.1 Å². The second-order valence-electron chi connectivity index (χ2n) is 7.46. The van der Waals surface area contributed by atoms with Gasteiger partial charge in [-0.25, -0.2) is 0 Å². The molecule has 3 aliphatic heterocycles. The van der Waals surface area contributed by atoms with Crippen LogP contribution in [0, 0.1) is 5.92 Å². The van der Waals surface area contributed by atoms with E-state index in [1.165, 1.54) is 0 Å². The van der Waals surface area contributed by atoms with Crippen LogP contribution < -0.4 is 10.1 Å². The first-order valence-electron chi connectivity index (χ1n) is 9.06. The van der Waals surface area contributed by atoms with Gasteiger partial charge in [0.2, 0.25) is 11.8 Å². The van der Waals surface area contributed by atoms with E-state index < -0.39 is 5.60 Å². The number of hydrogen-bond donors (Lipinski definition) is 1. The van der Waals surface area contributed by atoms with Crippen LogP contribution in [0.15, 0.2) is 24.3 Å². The van der Waals surface area contributed by atoms with E-state index in [1.54, 1.807) is 18.0 Å². The Kier molecular flexibility index (Phi) is 4.09. The first kappa shape index (κ1) is 16.9. The van der Waals surface area contributed by atoms with Gasteiger partial charge in [0.15, 0.2) is 0 Å². The molecule has 1 N–H and O–H groups in total. The second kappa shape index (κ2) is 6.30. The summed E-state index contributed by atoms with van der Waals surface area (Å²) in [6.45, 7) is 2.09. The van der Waals surface area contributed by atoms with E-state index in [0.717, 1.165) is 0 Å². The summed E-state index contributed by atoms with van der Waals surface area (Å²) in [6, 6.07) is 7.26. The first-order valence-corrected chi connectivity index (χ1v) is 9.06. The van der Waals surface area contributed by atoms with Gasteiger partial charge in [0.05, 0.1) is 18.0 Å². The quantitative estimate of drug-likeness (QED) is 0.800. The van der Waals surface area contributed by atoms with Crippen LogP contribution in [0.1, 0.15) is 29.6 Å². The van der Waals surface area contributed by atoms with Gasteiger partial charge in [0.1, 0.15) is 11.4 Å². The molecule has 0 unspecified atom stereocenters. The van der Waals surface area contributed by atoms with E-state index in [0.29, 0.717) is 56.8 Å². The number of benzene rings is 1. The minimum Gasteiger partial charge on any atom is -0.484 e. The molecule has 0 radical (unpaired) electrons. The third kappa shape index (κ3) is 2.91. The van der Waals surface area contributed by atoms with E-state index >= 15 is 0 Å². The van der Waals surface area contributed by atoms with Crippen LogP contribution in [-0.4, -0.2) is 66.3 Å². The van der Waals surface area contributed by atoms with Crippen molar-refractivity contribution in [3.8, 4) is 5.75 Å². The Labute approximate surface area is 152 Å². The van der Waals surface area contributed by atoms with Crippen LogP contribution in [0.5, 0.6) is 5.75 Å². The average Bonchev–Trinajstić information content (AvgIpc) is 2.92. The van der Waals surface area contributed by atoms with E-state index in [4.69, 9.17) is 4.74 Å². The standard InChI is InChI=1S/C19H23N3O4/c1-21-11-13(10-16(21)23)18(25)22-8-6-19(7-9-22)12-20-17(24)14-4-2-3-5-15(14)26-19/h2-5,13H,6-12H2,1H3,(H,20,24)/t13-/m1/s1. The van der Waals surface area contributed by atoms with E-state index in [-0.39, 0.29) is 23.6 Å². The van der Waals surface area contributed by atoms with Gasteiger partial charge in [-0.2, -0.15) is 0 Å². The van der Waals surface area contributed by atoms with Crippen LogP contribution >= 0.6 is 0 Å². The average molecular weight is 357 g/mol. The smallest absolute Gasteiger partial charge is 0.255 e. The molecule has 3 amide bonds. The predicted octanol–water partition coefficient (Wildman–Crippen LogP) is 0.648. The zero-order chi connectivity index (χ0) is 18.3. The summed E-state index contributed by atoms with van der Waals surface area (Å²) in [6.07, 6.45) is 1.62. The molecule has 7 nitrogen and oxygen atoms in total. The zero-order valence-electron chi connectivity index (χ0n) is 14.9. The molecule has 0 aromatic heterocycles. The molecule has 0 saturated carbocycles. The molecule has 1 atom stereocenters. The summed E-state index contributed by atoms with van der Waals surface area (Å²) in [7, 11) is 1.74. The fourth-order valence-electron chi connectivity index (χ4n) is 4.05. The Morgan fingerprint density at radius 2 is 1.96 bits per heavy atom. The number of nitrogens with zero attached hydrogens (tertiary/aromatic N) is 2. The molecule has 26 heavy (non-hydrogen) atoms. The van der Waals surface area contributed by atoms with Crippen molar-refractivity contribution in [3.05, 3.63) is 29.8 Å². The molecular weight excluding hydrogens is 334 g/mol. The maximum atomic E-state index is 12.7. The van der Waals surface area contributed by atoms with Crippen molar-refractivity contribution in [2.24, 2.45) is 5.92 Å². The number of ether oxygens (including phenoxy) is 1. The lowest BCUT2D eigenvalue weighted by Crippen LogP contribution is -2.55. The fraction of sp³-hybridized carbons (Fsp3) is 0.526. The van der Waals surface area contributed by atoms with Crippen molar-refractivity contribution >= 4 is 17.7 Å². The van der Waals surface area contributed by atoms with Crippen molar-refractivity contribution < 1.29 is 19.1 Å². The molecule has 3 heterocycles. The fourth-order valence-corrected chi connectivity index (χ4v) is 4.05. The maximum Gasteiger partial charge on any atom is 0.255 e. The van der Waals surface area contributed by atoms with Gasteiger partial charge in [-0.15, -0.1) is 0 Å². The van der Waals surface area contributed by atoms with Gasteiger partial charge in [-0.3, -0.25) is 14.4 Å². The molecule has 1 spiro atoms. The number of rotatable bonds is 1. The summed E-state index contributed by atoms with van der Waals surface area (Å²) in [5, 5.41) is 2.95. The Morgan fingerprint density at radius 1 is 1.23 bits per heavy atom. The van der Waals surface area contributed by atoms with E-state index in [2.05, 4.69) is 5.32 Å². The Bertz CT molecular complexity index is 755. The number of piperidine rings is 1. The maximum absolute atomic E-state index is 12.7. The Morgan fingerprint density at radius 3 is 2.65 bits per heavy atom. The molecule has 1 aromatic rings. The molecule has 1 aromatic carbocycles. The van der Waals surface area contributed by atoms with Crippen LogP contribution in [0.25, 0.3) is 0 Å². The van der Waals surface area contributed by atoms with Gasteiger partial charge >= 0.3 is 0 Å². The highest BCUT2D eigenvalue weighted by Crippen LogP contribution is 2.33. The summed E-state index contributed by atoms with van der Waals surface area (Å²) < 4.78 is 6.26. The summed E-state index contributed by atoms with van der Waals surface area (Å²) in [5.41, 5.74) is 0.0665. The number of amides is 3. The largest absolute Gasteiger partial charge is 0.484 e. The first-order chi connectivity index (χ1) is 12.5. The summed E-state index contributed by atoms with van der Waals surface area (Å²) in [4.78, 5) is 40.1. The number of nitrogens with one attached hydrogen (secondary N) is 1. The zero-order valence-corrected chi connectivity index (χ0v) is 14.9. The van der Waals surface area contributed by atoms with Crippen molar-refractivity contribution in [2.75, 3.05) is 33.2 Å².